The van der Waals surface area contributed by atoms with Crippen LogP contribution in [0, 0.1) is 0 Å². The monoisotopic (exact) mass is 264 g/mol. The number of rotatable bonds is 3. The lowest BCUT2D eigenvalue weighted by Crippen LogP contribution is -2.53. The van der Waals surface area contributed by atoms with Gasteiger partial charge in [0, 0.05) is 26.2 Å². The zero-order valence-electron chi connectivity index (χ0n) is 10.5. The van der Waals surface area contributed by atoms with Gasteiger partial charge in [0.2, 0.25) is 6.79 Å². The van der Waals surface area contributed by atoms with E-state index in [1.54, 1.807) is 0 Å². The Morgan fingerprint density at radius 1 is 1.42 bits per heavy atom. The van der Waals surface area contributed by atoms with Crippen LogP contribution in [0.1, 0.15) is 5.56 Å². The fourth-order valence-electron chi connectivity index (χ4n) is 2.42. The van der Waals surface area contributed by atoms with E-state index in [1.807, 2.05) is 18.2 Å². The summed E-state index contributed by atoms with van der Waals surface area (Å²) in [5.41, 5.74) is 1.11. The molecule has 1 unspecified atom stereocenters. The lowest BCUT2D eigenvalue weighted by Gasteiger charge is -2.31. The first-order valence-corrected chi connectivity index (χ1v) is 6.29. The van der Waals surface area contributed by atoms with E-state index in [4.69, 9.17) is 14.6 Å². The first-order chi connectivity index (χ1) is 9.22. The third-order valence-electron chi connectivity index (χ3n) is 3.40. The Balaban J connectivity index is 1.66. The highest BCUT2D eigenvalue weighted by Crippen LogP contribution is 2.32. The molecule has 0 saturated carbocycles. The van der Waals surface area contributed by atoms with Crippen molar-refractivity contribution in [2.45, 2.75) is 12.6 Å². The van der Waals surface area contributed by atoms with Gasteiger partial charge in [0.15, 0.2) is 11.5 Å². The van der Waals surface area contributed by atoms with Gasteiger partial charge < -0.3 is 19.9 Å². The topological polar surface area (TPSA) is 71.0 Å². The molecule has 1 aromatic carbocycles. The SMILES string of the molecule is O=C(O)C1CN(Cc2ccc3c(c2)OCO3)CCN1. The summed E-state index contributed by atoms with van der Waals surface area (Å²) in [6.07, 6.45) is 0. The molecule has 6 nitrogen and oxygen atoms in total. The highest BCUT2D eigenvalue weighted by atomic mass is 16.7. The van der Waals surface area contributed by atoms with Crippen LogP contribution in [-0.4, -0.2) is 48.4 Å². The Bertz CT molecular complexity index is 492. The summed E-state index contributed by atoms with van der Waals surface area (Å²) >= 11 is 0. The molecule has 6 heteroatoms. The molecule has 2 heterocycles. The zero-order chi connectivity index (χ0) is 13.2. The van der Waals surface area contributed by atoms with Crippen molar-refractivity contribution in [1.82, 2.24) is 10.2 Å². The maximum atomic E-state index is 11.0. The molecule has 2 aliphatic rings. The summed E-state index contributed by atoms with van der Waals surface area (Å²) in [6.45, 7) is 3.05. The number of ether oxygens (including phenoxy) is 2. The fourth-order valence-corrected chi connectivity index (χ4v) is 2.42. The molecule has 3 rings (SSSR count). The van der Waals surface area contributed by atoms with Gasteiger partial charge in [-0.1, -0.05) is 6.07 Å². The number of fused-ring (bicyclic) bond motifs is 1. The average Bonchev–Trinajstić information content (AvgIpc) is 2.86. The van der Waals surface area contributed by atoms with E-state index in [-0.39, 0.29) is 6.79 Å². The summed E-state index contributed by atoms with van der Waals surface area (Å²) in [7, 11) is 0. The molecule has 19 heavy (non-hydrogen) atoms. The number of carbonyl (C=O) groups is 1. The lowest BCUT2D eigenvalue weighted by atomic mass is 10.1. The quantitative estimate of drug-likeness (QED) is 0.817. The molecular formula is C13H16N2O4. The van der Waals surface area contributed by atoms with Crippen LogP contribution in [0.2, 0.25) is 0 Å². The van der Waals surface area contributed by atoms with Gasteiger partial charge in [0.05, 0.1) is 0 Å². The van der Waals surface area contributed by atoms with Gasteiger partial charge >= 0.3 is 5.97 Å². The summed E-state index contributed by atoms with van der Waals surface area (Å²) in [5.74, 6) is 0.741. The molecule has 0 aliphatic carbocycles. The summed E-state index contributed by atoms with van der Waals surface area (Å²) in [5, 5.41) is 12.0. The maximum absolute atomic E-state index is 11.0. The molecule has 0 radical (unpaired) electrons. The molecule has 0 bridgehead atoms. The van der Waals surface area contributed by atoms with Crippen LogP contribution in [0.4, 0.5) is 0 Å². The van der Waals surface area contributed by atoms with E-state index >= 15 is 0 Å². The van der Waals surface area contributed by atoms with Gasteiger partial charge in [-0.05, 0) is 17.7 Å². The summed E-state index contributed by atoms with van der Waals surface area (Å²) in [4.78, 5) is 13.1. The predicted molar refractivity (Wildman–Crippen MR) is 67.3 cm³/mol. The van der Waals surface area contributed by atoms with Crippen molar-refractivity contribution in [1.29, 1.82) is 0 Å². The molecule has 0 spiro atoms. The van der Waals surface area contributed by atoms with Crippen LogP contribution in [0.3, 0.4) is 0 Å². The Morgan fingerprint density at radius 3 is 3.11 bits per heavy atom. The second-order valence-electron chi connectivity index (χ2n) is 4.77. The lowest BCUT2D eigenvalue weighted by molar-refractivity contribution is -0.140. The standard InChI is InChI=1S/C13H16N2O4/c16-13(17)10-7-15(4-3-14-10)6-9-1-2-11-12(5-9)19-8-18-11/h1-2,5,10,14H,3-4,6-8H2,(H,16,17). The van der Waals surface area contributed by atoms with Crippen LogP contribution in [0.25, 0.3) is 0 Å². The molecule has 2 N–H and O–H groups in total. The number of hydrogen-bond acceptors (Lipinski definition) is 5. The van der Waals surface area contributed by atoms with E-state index in [0.29, 0.717) is 13.1 Å². The van der Waals surface area contributed by atoms with E-state index in [2.05, 4.69) is 10.2 Å². The van der Waals surface area contributed by atoms with E-state index < -0.39 is 12.0 Å². The van der Waals surface area contributed by atoms with Gasteiger partial charge in [-0.15, -0.1) is 0 Å². The fraction of sp³-hybridized carbons (Fsp3) is 0.462. The molecule has 102 valence electrons. The van der Waals surface area contributed by atoms with Crippen LogP contribution in [0.15, 0.2) is 18.2 Å². The smallest absolute Gasteiger partial charge is 0.322 e. The van der Waals surface area contributed by atoms with Crippen molar-refractivity contribution < 1.29 is 19.4 Å². The number of benzene rings is 1. The number of piperazine rings is 1. The maximum Gasteiger partial charge on any atom is 0.322 e. The van der Waals surface area contributed by atoms with E-state index in [0.717, 1.165) is 30.2 Å². The normalized spacial score (nSPS) is 22.4. The first-order valence-electron chi connectivity index (χ1n) is 6.29. The van der Waals surface area contributed by atoms with E-state index in [1.165, 1.54) is 0 Å². The average molecular weight is 264 g/mol. The highest BCUT2D eigenvalue weighted by molar-refractivity contribution is 5.73. The predicted octanol–water partition coefficient (Wildman–Crippen LogP) is 0.274. The van der Waals surface area contributed by atoms with Crippen LogP contribution in [-0.2, 0) is 11.3 Å². The third-order valence-corrected chi connectivity index (χ3v) is 3.40. The van der Waals surface area contributed by atoms with Gasteiger partial charge in [0.25, 0.3) is 0 Å². The van der Waals surface area contributed by atoms with Crippen molar-refractivity contribution in [2.75, 3.05) is 26.4 Å². The first kappa shape index (κ1) is 12.3. The van der Waals surface area contributed by atoms with Gasteiger partial charge in [-0.3, -0.25) is 9.69 Å². The second kappa shape index (κ2) is 5.07. The zero-order valence-corrected chi connectivity index (χ0v) is 10.5. The Morgan fingerprint density at radius 2 is 2.26 bits per heavy atom. The molecule has 2 aliphatic heterocycles. The Hall–Kier alpha value is -1.79. The van der Waals surface area contributed by atoms with Crippen molar-refractivity contribution in [3.05, 3.63) is 23.8 Å². The number of nitrogens with zero attached hydrogens (tertiary/aromatic N) is 1. The molecule has 1 aromatic rings. The van der Waals surface area contributed by atoms with Crippen LogP contribution in [0.5, 0.6) is 11.5 Å². The minimum Gasteiger partial charge on any atom is -0.480 e. The molecule has 0 aromatic heterocycles. The molecular weight excluding hydrogens is 248 g/mol. The van der Waals surface area contributed by atoms with Crippen molar-refractivity contribution >= 4 is 5.97 Å². The molecule has 0 amide bonds. The summed E-state index contributed by atoms with van der Waals surface area (Å²) < 4.78 is 10.6. The number of carboxylic acids is 1. The molecule has 1 saturated heterocycles. The van der Waals surface area contributed by atoms with Crippen molar-refractivity contribution in [3.8, 4) is 11.5 Å². The van der Waals surface area contributed by atoms with Gasteiger partial charge in [-0.25, -0.2) is 0 Å². The van der Waals surface area contributed by atoms with Gasteiger partial charge in [-0.2, -0.15) is 0 Å². The minimum atomic E-state index is -0.796. The third kappa shape index (κ3) is 2.64. The number of carboxylic acid groups (broad SMARTS) is 1. The van der Waals surface area contributed by atoms with Crippen LogP contribution < -0.4 is 14.8 Å². The van der Waals surface area contributed by atoms with Crippen LogP contribution >= 0.6 is 0 Å². The Labute approximate surface area is 110 Å². The molecule has 1 fully saturated rings. The van der Waals surface area contributed by atoms with Crippen molar-refractivity contribution in [2.24, 2.45) is 0 Å². The van der Waals surface area contributed by atoms with Crippen molar-refractivity contribution in [3.63, 3.8) is 0 Å². The summed E-state index contributed by atoms with van der Waals surface area (Å²) in [6, 6.07) is 5.36. The molecule has 1 atom stereocenters. The second-order valence-corrected chi connectivity index (χ2v) is 4.77. The largest absolute Gasteiger partial charge is 0.480 e. The highest BCUT2D eigenvalue weighted by Gasteiger charge is 2.25. The minimum absolute atomic E-state index is 0.271. The number of nitrogens with one attached hydrogen (secondary N) is 1. The Kier molecular flexibility index (Phi) is 3.27. The van der Waals surface area contributed by atoms with E-state index in [9.17, 15) is 4.79 Å². The van der Waals surface area contributed by atoms with Gasteiger partial charge in [0.1, 0.15) is 6.04 Å². The number of hydrogen-bond donors (Lipinski definition) is 2. The number of aliphatic carboxylic acids is 1.